The number of hydrogen-bond donors (Lipinski definition) is 1. The van der Waals surface area contributed by atoms with Crippen molar-refractivity contribution in [2.75, 3.05) is 24.5 Å². The first-order valence-corrected chi connectivity index (χ1v) is 6.76. The summed E-state index contributed by atoms with van der Waals surface area (Å²) >= 11 is 1.55. The fraction of sp³-hybridized carbons (Fsp3) is 0.818. The van der Waals surface area contributed by atoms with Gasteiger partial charge in [0, 0.05) is 30.5 Å². The Labute approximate surface area is 100 Å². The summed E-state index contributed by atoms with van der Waals surface area (Å²) in [4.78, 5) is 6.99. The number of anilines is 1. The summed E-state index contributed by atoms with van der Waals surface area (Å²) in [7, 11) is 0. The fourth-order valence-corrected chi connectivity index (χ4v) is 2.99. The van der Waals surface area contributed by atoms with Crippen molar-refractivity contribution < 1.29 is 0 Å². The van der Waals surface area contributed by atoms with Gasteiger partial charge in [0.25, 0.3) is 0 Å². The van der Waals surface area contributed by atoms with Crippen LogP contribution in [0.1, 0.15) is 37.9 Å². The van der Waals surface area contributed by atoms with E-state index < -0.39 is 0 Å². The van der Waals surface area contributed by atoms with Crippen molar-refractivity contribution in [2.45, 2.75) is 32.1 Å². The van der Waals surface area contributed by atoms with Crippen LogP contribution in [0.3, 0.4) is 0 Å². The maximum absolute atomic E-state index is 5.81. The molecule has 0 aromatic carbocycles. The molecule has 0 bridgehead atoms. The van der Waals surface area contributed by atoms with Crippen molar-refractivity contribution in [3.63, 3.8) is 0 Å². The van der Waals surface area contributed by atoms with Crippen LogP contribution in [0.15, 0.2) is 0 Å². The lowest BCUT2D eigenvalue weighted by molar-refractivity contribution is 0.383. The van der Waals surface area contributed by atoms with Crippen LogP contribution in [-0.2, 0) is 0 Å². The van der Waals surface area contributed by atoms with E-state index in [9.17, 15) is 0 Å². The summed E-state index contributed by atoms with van der Waals surface area (Å²) in [6, 6.07) is 0. The second-order valence-electron chi connectivity index (χ2n) is 5.40. The largest absolute Gasteiger partial charge is 0.346 e. The summed E-state index contributed by atoms with van der Waals surface area (Å²) in [5.41, 5.74) is 6.08. The Morgan fingerprint density at radius 2 is 2.38 bits per heavy atom. The predicted molar refractivity (Wildman–Crippen MR) is 65.9 cm³/mol. The van der Waals surface area contributed by atoms with Crippen molar-refractivity contribution in [3.8, 4) is 0 Å². The molecule has 2 heterocycles. The van der Waals surface area contributed by atoms with Gasteiger partial charge in [-0.05, 0) is 31.2 Å². The first kappa shape index (κ1) is 10.5. The molecule has 1 aromatic heterocycles. The summed E-state index contributed by atoms with van der Waals surface area (Å²) in [6.45, 7) is 5.13. The van der Waals surface area contributed by atoms with E-state index in [1.165, 1.54) is 19.3 Å². The van der Waals surface area contributed by atoms with Gasteiger partial charge in [-0.15, -0.1) is 0 Å². The Morgan fingerprint density at radius 1 is 1.56 bits per heavy atom. The second-order valence-corrected chi connectivity index (χ2v) is 6.13. The van der Waals surface area contributed by atoms with Gasteiger partial charge in [-0.2, -0.15) is 4.37 Å². The van der Waals surface area contributed by atoms with Crippen molar-refractivity contribution in [2.24, 2.45) is 11.1 Å². The molecule has 2 fully saturated rings. The van der Waals surface area contributed by atoms with Crippen LogP contribution in [0, 0.1) is 5.41 Å². The van der Waals surface area contributed by atoms with E-state index in [0.717, 1.165) is 30.6 Å². The monoisotopic (exact) mass is 238 g/mol. The van der Waals surface area contributed by atoms with Crippen LogP contribution in [0.25, 0.3) is 0 Å². The molecule has 88 valence electrons. The number of hydrogen-bond acceptors (Lipinski definition) is 5. The second kappa shape index (κ2) is 3.67. The number of aromatic nitrogens is 2. The fourth-order valence-electron chi connectivity index (χ4n) is 2.22. The first-order chi connectivity index (χ1) is 7.70. The molecule has 1 saturated carbocycles. The zero-order valence-electron chi connectivity index (χ0n) is 9.65. The highest BCUT2D eigenvalue weighted by molar-refractivity contribution is 7.09. The van der Waals surface area contributed by atoms with Gasteiger partial charge in [0.1, 0.15) is 5.82 Å². The third kappa shape index (κ3) is 1.82. The maximum Gasteiger partial charge on any atom is 0.205 e. The van der Waals surface area contributed by atoms with Gasteiger partial charge in [0.2, 0.25) is 5.13 Å². The minimum Gasteiger partial charge on any atom is -0.346 e. The third-order valence-electron chi connectivity index (χ3n) is 3.69. The van der Waals surface area contributed by atoms with E-state index in [4.69, 9.17) is 5.73 Å². The molecule has 0 spiro atoms. The number of nitrogens with two attached hydrogens (primary N) is 1. The lowest BCUT2D eigenvalue weighted by Gasteiger charge is -2.21. The van der Waals surface area contributed by atoms with Gasteiger partial charge < -0.3 is 10.6 Å². The molecule has 4 nitrogen and oxygen atoms in total. The minimum absolute atomic E-state index is 0.269. The Kier molecular flexibility index (Phi) is 2.40. The van der Waals surface area contributed by atoms with E-state index in [-0.39, 0.29) is 5.41 Å². The van der Waals surface area contributed by atoms with E-state index in [1.807, 2.05) is 0 Å². The van der Waals surface area contributed by atoms with Crippen molar-refractivity contribution in [1.29, 1.82) is 0 Å². The summed E-state index contributed by atoms with van der Waals surface area (Å²) in [5, 5.41) is 1.10. The van der Waals surface area contributed by atoms with Crippen molar-refractivity contribution in [3.05, 3.63) is 5.82 Å². The molecule has 1 aromatic rings. The molecule has 5 heteroatoms. The predicted octanol–water partition coefficient (Wildman–Crippen LogP) is 1.59. The van der Waals surface area contributed by atoms with Gasteiger partial charge in [-0.3, -0.25) is 0 Å². The molecule has 2 N–H and O–H groups in total. The van der Waals surface area contributed by atoms with E-state index in [0.29, 0.717) is 5.92 Å². The molecule has 1 aliphatic heterocycles. The van der Waals surface area contributed by atoms with Crippen LogP contribution >= 0.6 is 11.5 Å². The van der Waals surface area contributed by atoms with E-state index in [1.54, 1.807) is 11.5 Å². The van der Waals surface area contributed by atoms with Gasteiger partial charge in [-0.25, -0.2) is 4.98 Å². The Hall–Kier alpha value is -0.680. The molecule has 2 aliphatic rings. The normalized spacial score (nSPS) is 30.0. The van der Waals surface area contributed by atoms with Crippen LogP contribution in [0.4, 0.5) is 5.13 Å². The van der Waals surface area contributed by atoms with E-state index in [2.05, 4.69) is 21.2 Å². The molecular formula is C11H18N4S. The number of rotatable bonds is 3. The van der Waals surface area contributed by atoms with Crippen molar-refractivity contribution in [1.82, 2.24) is 9.36 Å². The highest BCUT2D eigenvalue weighted by Gasteiger charge is 2.35. The maximum atomic E-state index is 5.81. The molecule has 3 rings (SSSR count). The molecule has 1 unspecified atom stereocenters. The van der Waals surface area contributed by atoms with Crippen LogP contribution in [-0.4, -0.2) is 29.0 Å². The highest BCUT2D eigenvalue weighted by Crippen LogP contribution is 2.40. The summed E-state index contributed by atoms with van der Waals surface area (Å²) < 4.78 is 4.45. The Morgan fingerprint density at radius 3 is 3.00 bits per heavy atom. The summed E-state index contributed by atoms with van der Waals surface area (Å²) in [6.07, 6.45) is 3.72. The quantitative estimate of drug-likeness (QED) is 0.869. The lowest BCUT2D eigenvalue weighted by atomic mass is 9.90. The lowest BCUT2D eigenvalue weighted by Crippen LogP contribution is -2.31. The highest BCUT2D eigenvalue weighted by atomic mass is 32.1. The SMILES string of the molecule is CC1(CN)CCN(c2nc(C3CC3)ns2)C1. The molecule has 1 atom stereocenters. The average Bonchev–Trinajstić information content (AvgIpc) is 2.89. The van der Waals surface area contributed by atoms with Gasteiger partial charge >= 0.3 is 0 Å². The van der Waals surface area contributed by atoms with Crippen LogP contribution in [0.5, 0.6) is 0 Å². The zero-order chi connectivity index (χ0) is 11.2. The molecule has 0 radical (unpaired) electrons. The smallest absolute Gasteiger partial charge is 0.205 e. The molecular weight excluding hydrogens is 220 g/mol. The van der Waals surface area contributed by atoms with Gasteiger partial charge in [0.05, 0.1) is 0 Å². The topological polar surface area (TPSA) is 55.0 Å². The van der Waals surface area contributed by atoms with Gasteiger partial charge in [-0.1, -0.05) is 6.92 Å². The number of nitrogens with zero attached hydrogens (tertiary/aromatic N) is 3. The van der Waals surface area contributed by atoms with Gasteiger partial charge in [0.15, 0.2) is 0 Å². The standard InChI is InChI=1S/C11H18N4S/c1-11(6-12)4-5-15(7-11)10-13-9(14-16-10)8-2-3-8/h8H,2-7,12H2,1H3. The molecule has 0 amide bonds. The minimum atomic E-state index is 0.269. The molecule has 16 heavy (non-hydrogen) atoms. The molecule has 1 saturated heterocycles. The van der Waals surface area contributed by atoms with Crippen molar-refractivity contribution >= 4 is 16.7 Å². The van der Waals surface area contributed by atoms with Crippen LogP contribution in [0.2, 0.25) is 0 Å². The zero-order valence-corrected chi connectivity index (χ0v) is 10.5. The van der Waals surface area contributed by atoms with Crippen LogP contribution < -0.4 is 10.6 Å². The molecule has 1 aliphatic carbocycles. The Balaban J connectivity index is 1.72. The third-order valence-corrected chi connectivity index (χ3v) is 4.49. The Bertz CT molecular complexity index is 387. The average molecular weight is 238 g/mol. The first-order valence-electron chi connectivity index (χ1n) is 5.99. The summed E-state index contributed by atoms with van der Waals surface area (Å²) in [5.74, 6) is 1.73. The van der Waals surface area contributed by atoms with E-state index >= 15 is 0 Å².